The van der Waals surface area contributed by atoms with E-state index in [4.69, 9.17) is 9.84 Å². The van der Waals surface area contributed by atoms with Crippen LogP contribution in [-0.2, 0) is 0 Å². The summed E-state index contributed by atoms with van der Waals surface area (Å²) >= 11 is 0. The fraction of sp³-hybridized carbons (Fsp3) is 0.200. The molecule has 18 heavy (non-hydrogen) atoms. The van der Waals surface area contributed by atoms with Crippen molar-refractivity contribution in [3.8, 4) is 5.75 Å². The topological polar surface area (TPSA) is 49.7 Å². The molecule has 0 saturated heterocycles. The Morgan fingerprint density at radius 1 is 0.889 bits per heavy atom. The van der Waals surface area contributed by atoms with Gasteiger partial charge in [0.15, 0.2) is 6.10 Å². The van der Waals surface area contributed by atoms with E-state index in [-0.39, 0.29) is 6.61 Å². The van der Waals surface area contributed by atoms with Crippen LogP contribution in [0.2, 0.25) is 0 Å². The van der Waals surface area contributed by atoms with Gasteiger partial charge in [-0.15, -0.1) is 0 Å². The molecular formula is C15H16O3. The van der Waals surface area contributed by atoms with E-state index in [1.807, 2.05) is 60.7 Å². The summed E-state index contributed by atoms with van der Waals surface area (Å²) in [6.45, 7) is -0.341. The summed E-state index contributed by atoms with van der Waals surface area (Å²) in [5.74, 6) is 0.666. The molecule has 0 aliphatic heterocycles. The van der Waals surface area contributed by atoms with E-state index >= 15 is 0 Å². The predicted molar refractivity (Wildman–Crippen MR) is 69.3 cm³/mol. The maximum absolute atomic E-state index is 9.86. The molecule has 2 aromatic rings. The summed E-state index contributed by atoms with van der Waals surface area (Å²) in [4.78, 5) is 0. The second-order valence-corrected chi connectivity index (χ2v) is 4.01. The molecule has 0 aromatic heterocycles. The number of hydrogen-bond acceptors (Lipinski definition) is 3. The summed E-state index contributed by atoms with van der Waals surface area (Å²) in [6.07, 6.45) is -1.52. The van der Waals surface area contributed by atoms with Gasteiger partial charge in [-0.3, -0.25) is 0 Å². The molecule has 0 fully saturated rings. The Bertz CT molecular complexity index is 456. The van der Waals surface area contributed by atoms with Crippen molar-refractivity contribution in [2.24, 2.45) is 0 Å². The predicted octanol–water partition coefficient (Wildman–Crippen LogP) is 2.16. The van der Waals surface area contributed by atoms with Gasteiger partial charge in [-0.05, 0) is 17.7 Å². The number of benzene rings is 2. The number of hydrogen-bond donors (Lipinski definition) is 2. The fourth-order valence-electron chi connectivity index (χ4n) is 1.75. The number of aliphatic hydroxyl groups is 2. The minimum absolute atomic E-state index is 0.341. The van der Waals surface area contributed by atoms with E-state index in [0.29, 0.717) is 5.75 Å². The zero-order valence-corrected chi connectivity index (χ0v) is 9.94. The van der Waals surface area contributed by atoms with Crippen LogP contribution in [0.3, 0.4) is 0 Å². The van der Waals surface area contributed by atoms with Gasteiger partial charge in [0.2, 0.25) is 0 Å². The van der Waals surface area contributed by atoms with Crippen LogP contribution in [0.25, 0.3) is 0 Å². The minimum atomic E-state index is -0.951. The maximum atomic E-state index is 9.86. The highest BCUT2D eigenvalue weighted by molar-refractivity contribution is 5.25. The lowest BCUT2D eigenvalue weighted by atomic mass is 10.0. The first-order valence-corrected chi connectivity index (χ1v) is 5.87. The van der Waals surface area contributed by atoms with Crippen molar-refractivity contribution in [2.45, 2.75) is 12.2 Å². The third-order valence-corrected chi connectivity index (χ3v) is 2.67. The molecule has 0 unspecified atom stereocenters. The number of rotatable bonds is 5. The average molecular weight is 244 g/mol. The van der Waals surface area contributed by atoms with Crippen molar-refractivity contribution in [1.29, 1.82) is 0 Å². The lowest BCUT2D eigenvalue weighted by molar-refractivity contribution is -0.00189. The van der Waals surface area contributed by atoms with Crippen LogP contribution in [-0.4, -0.2) is 22.9 Å². The summed E-state index contributed by atoms with van der Waals surface area (Å²) < 4.78 is 5.74. The van der Waals surface area contributed by atoms with E-state index in [0.717, 1.165) is 5.56 Å². The first-order chi connectivity index (χ1) is 8.81. The molecule has 0 aliphatic carbocycles. The summed E-state index contributed by atoms with van der Waals surface area (Å²) in [5.41, 5.74) is 0.836. The molecule has 0 aliphatic rings. The molecule has 0 amide bonds. The largest absolute Gasteiger partial charge is 0.483 e. The van der Waals surface area contributed by atoms with Crippen molar-refractivity contribution in [3.05, 3.63) is 66.2 Å². The molecule has 0 radical (unpaired) electrons. The minimum Gasteiger partial charge on any atom is -0.483 e. The molecule has 3 heteroatoms. The quantitative estimate of drug-likeness (QED) is 0.847. The number of ether oxygens (including phenoxy) is 1. The molecule has 0 bridgehead atoms. The first-order valence-electron chi connectivity index (χ1n) is 5.87. The first kappa shape index (κ1) is 12.6. The van der Waals surface area contributed by atoms with E-state index in [1.54, 1.807) is 0 Å². The Kier molecular flexibility index (Phi) is 4.34. The molecule has 0 spiro atoms. The van der Waals surface area contributed by atoms with Gasteiger partial charge in [0, 0.05) is 0 Å². The molecule has 94 valence electrons. The summed E-state index contributed by atoms with van der Waals surface area (Å²) in [7, 11) is 0. The molecule has 2 rings (SSSR count). The van der Waals surface area contributed by atoms with Crippen LogP contribution >= 0.6 is 0 Å². The van der Waals surface area contributed by atoms with Gasteiger partial charge >= 0.3 is 0 Å². The SMILES string of the molecule is OC[C@H](O)[C@H](Oc1ccccc1)c1ccccc1. The zero-order chi connectivity index (χ0) is 12.8. The van der Waals surface area contributed by atoms with Crippen LogP contribution in [0.5, 0.6) is 5.75 Å². The molecule has 0 saturated carbocycles. The van der Waals surface area contributed by atoms with Crippen LogP contribution < -0.4 is 4.74 Å². The van der Waals surface area contributed by atoms with Crippen LogP contribution in [0, 0.1) is 0 Å². The molecule has 3 nitrogen and oxygen atoms in total. The second-order valence-electron chi connectivity index (χ2n) is 4.01. The number of aliphatic hydroxyl groups excluding tert-OH is 2. The van der Waals surface area contributed by atoms with Gasteiger partial charge in [0.05, 0.1) is 6.61 Å². The fourth-order valence-corrected chi connectivity index (χ4v) is 1.75. The van der Waals surface area contributed by atoms with Gasteiger partial charge in [-0.25, -0.2) is 0 Å². The van der Waals surface area contributed by atoms with Crippen molar-refractivity contribution in [3.63, 3.8) is 0 Å². The number of para-hydroxylation sites is 1. The van der Waals surface area contributed by atoms with Crippen molar-refractivity contribution >= 4 is 0 Å². The Balaban J connectivity index is 2.21. The monoisotopic (exact) mass is 244 g/mol. The van der Waals surface area contributed by atoms with Crippen LogP contribution in [0.4, 0.5) is 0 Å². The van der Waals surface area contributed by atoms with E-state index in [1.165, 1.54) is 0 Å². The van der Waals surface area contributed by atoms with Crippen molar-refractivity contribution < 1.29 is 14.9 Å². The van der Waals surface area contributed by atoms with Crippen LogP contribution in [0.15, 0.2) is 60.7 Å². The molecule has 2 atom stereocenters. The highest BCUT2D eigenvalue weighted by Crippen LogP contribution is 2.24. The smallest absolute Gasteiger partial charge is 0.152 e. The van der Waals surface area contributed by atoms with Gasteiger partial charge in [0.25, 0.3) is 0 Å². The van der Waals surface area contributed by atoms with E-state index < -0.39 is 12.2 Å². The van der Waals surface area contributed by atoms with Gasteiger partial charge in [0.1, 0.15) is 11.9 Å². The zero-order valence-electron chi connectivity index (χ0n) is 9.94. The molecule has 0 heterocycles. The second kappa shape index (κ2) is 6.19. The molecular weight excluding hydrogens is 228 g/mol. The third-order valence-electron chi connectivity index (χ3n) is 2.67. The van der Waals surface area contributed by atoms with Crippen molar-refractivity contribution in [2.75, 3.05) is 6.61 Å². The summed E-state index contributed by atoms with van der Waals surface area (Å²) in [6, 6.07) is 18.6. The lowest BCUT2D eigenvalue weighted by Crippen LogP contribution is -2.27. The van der Waals surface area contributed by atoms with Crippen molar-refractivity contribution in [1.82, 2.24) is 0 Å². The summed E-state index contributed by atoms with van der Waals surface area (Å²) in [5, 5.41) is 19.0. The maximum Gasteiger partial charge on any atom is 0.152 e. The van der Waals surface area contributed by atoms with Gasteiger partial charge in [-0.1, -0.05) is 48.5 Å². The normalized spacial score (nSPS) is 13.9. The van der Waals surface area contributed by atoms with E-state index in [2.05, 4.69) is 0 Å². The Morgan fingerprint density at radius 2 is 1.44 bits per heavy atom. The molecule has 2 N–H and O–H groups in total. The Labute approximate surface area is 106 Å². The van der Waals surface area contributed by atoms with Crippen LogP contribution in [0.1, 0.15) is 11.7 Å². The molecule has 2 aromatic carbocycles. The van der Waals surface area contributed by atoms with Gasteiger partial charge < -0.3 is 14.9 Å². The lowest BCUT2D eigenvalue weighted by Gasteiger charge is -2.23. The van der Waals surface area contributed by atoms with E-state index in [9.17, 15) is 5.11 Å². The average Bonchev–Trinajstić information content (AvgIpc) is 2.46. The van der Waals surface area contributed by atoms with Gasteiger partial charge in [-0.2, -0.15) is 0 Å². The Hall–Kier alpha value is -1.84. The highest BCUT2D eigenvalue weighted by atomic mass is 16.5. The standard InChI is InChI=1S/C15H16O3/c16-11-14(17)15(12-7-3-1-4-8-12)18-13-9-5-2-6-10-13/h1-10,14-17H,11H2/t14-,15+/m0/s1. The highest BCUT2D eigenvalue weighted by Gasteiger charge is 2.22. The third kappa shape index (κ3) is 3.09. The Morgan fingerprint density at radius 3 is 2.00 bits per heavy atom.